The summed E-state index contributed by atoms with van der Waals surface area (Å²) in [6.45, 7) is -2.07. The van der Waals surface area contributed by atoms with E-state index in [1.165, 1.54) is 13.2 Å². The van der Waals surface area contributed by atoms with E-state index in [4.69, 9.17) is 42.6 Å². The number of hydrogen-bond donors (Lipinski definition) is 13. The molecule has 0 amide bonds. The first-order chi connectivity index (χ1) is 31.5. The summed E-state index contributed by atoms with van der Waals surface area (Å²) in [5, 5.41) is 139. The van der Waals surface area contributed by atoms with Crippen LogP contribution in [0.4, 0.5) is 0 Å². The number of fused-ring (bicyclic) bond motifs is 1. The maximum absolute atomic E-state index is 12.7. The van der Waals surface area contributed by atoms with Gasteiger partial charge in [-0.25, -0.2) is 4.79 Å². The molecule has 24 atom stereocenters. The average Bonchev–Trinajstić information content (AvgIpc) is 3.30. The highest BCUT2D eigenvalue weighted by Gasteiger charge is 2.57. The van der Waals surface area contributed by atoms with Gasteiger partial charge in [0, 0.05) is 31.9 Å². The number of hydrogen-bond acceptors (Lipinski definition) is 22. The Kier molecular flexibility index (Phi) is 18.2. The molecule has 0 aromatic carbocycles. The van der Waals surface area contributed by atoms with Crippen molar-refractivity contribution in [2.24, 2.45) is 17.8 Å². The Morgan fingerprint density at radius 2 is 1.18 bits per heavy atom. The van der Waals surface area contributed by atoms with E-state index >= 15 is 0 Å². The molecule has 23 heteroatoms. The molecule has 4 heterocycles. The van der Waals surface area contributed by atoms with Crippen LogP contribution in [-0.4, -0.2) is 245 Å². The highest BCUT2D eigenvalue weighted by atomic mass is 16.8. The molecule has 3 saturated carbocycles. The predicted molar refractivity (Wildman–Crippen MR) is 218 cm³/mol. The number of aliphatic hydroxyl groups excluding tert-OH is 13. The molecule has 0 spiro atoms. The van der Waals surface area contributed by atoms with Crippen LogP contribution in [0.2, 0.25) is 0 Å². The second-order valence-electron chi connectivity index (χ2n) is 19.1. The van der Waals surface area contributed by atoms with Crippen LogP contribution in [0.5, 0.6) is 0 Å². The van der Waals surface area contributed by atoms with E-state index in [1.807, 2.05) is 0 Å². The van der Waals surface area contributed by atoms with Gasteiger partial charge in [-0.3, -0.25) is 0 Å². The number of rotatable bonds is 14. The first-order valence-corrected chi connectivity index (χ1v) is 23.2. The number of aliphatic hydroxyl groups is 15. The highest BCUT2D eigenvalue weighted by Crippen LogP contribution is 2.44. The van der Waals surface area contributed by atoms with Crippen LogP contribution in [0, 0.1) is 17.8 Å². The van der Waals surface area contributed by atoms with Crippen molar-refractivity contribution in [1.82, 2.24) is 0 Å². The largest absolute Gasteiger partial charge is 0.460 e. The van der Waals surface area contributed by atoms with Gasteiger partial charge in [0.05, 0.1) is 49.7 Å². The Balaban J connectivity index is 1.08. The molecule has 23 nitrogen and oxygen atoms in total. The Morgan fingerprint density at radius 1 is 0.591 bits per heavy atom. The number of carbonyl (C=O) groups excluding carboxylic acids is 1. The van der Waals surface area contributed by atoms with E-state index in [0.29, 0.717) is 44.9 Å². The lowest BCUT2D eigenvalue weighted by atomic mass is 9.73. The second-order valence-corrected chi connectivity index (χ2v) is 19.1. The lowest BCUT2D eigenvalue weighted by Crippen LogP contribution is -2.66. The Hall–Kier alpha value is -1.63. The van der Waals surface area contributed by atoms with Crippen molar-refractivity contribution in [3.63, 3.8) is 0 Å². The minimum absolute atomic E-state index is 0.0417. The molecular formula is C43H71O23+. The monoisotopic (exact) mass is 955 g/mol. The molecule has 4 saturated heterocycles. The summed E-state index contributed by atoms with van der Waals surface area (Å²) in [6.07, 6.45) is -23.7. The van der Waals surface area contributed by atoms with Gasteiger partial charge in [0.15, 0.2) is 31.1 Å². The van der Waals surface area contributed by atoms with Crippen molar-refractivity contribution in [3.05, 3.63) is 12.2 Å². The van der Waals surface area contributed by atoms with E-state index in [2.05, 4.69) is 0 Å². The van der Waals surface area contributed by atoms with Crippen LogP contribution in [-0.2, 0) is 42.7 Å². The molecular weight excluding hydrogens is 884 g/mol. The predicted octanol–water partition coefficient (Wildman–Crippen LogP) is -5.55. The normalized spacial score (nSPS) is 50.5. The molecule has 0 radical (unpaired) electrons. The topological polar surface area (TPSA) is 367 Å². The van der Waals surface area contributed by atoms with Gasteiger partial charge in [-0.15, -0.1) is 0 Å². The minimum atomic E-state index is -1.95. The maximum atomic E-state index is 12.7. The van der Waals surface area contributed by atoms with Gasteiger partial charge in [0.2, 0.25) is 0 Å². The quantitative estimate of drug-likeness (QED) is 0.0439. The van der Waals surface area contributed by atoms with Crippen LogP contribution in [0.3, 0.4) is 0 Å². The van der Waals surface area contributed by atoms with Gasteiger partial charge < -0.3 is 109 Å². The molecule has 3 aliphatic carbocycles. The van der Waals surface area contributed by atoms with Gasteiger partial charge in [-0.2, -0.15) is 0 Å². The Bertz CT molecular complexity index is 1550. The summed E-state index contributed by atoms with van der Waals surface area (Å²) in [6, 6.07) is 0. The molecule has 14 N–H and O–H groups in total. The summed E-state index contributed by atoms with van der Waals surface area (Å²) < 4.78 is 52.3. The average molecular weight is 956 g/mol. The number of methoxy groups -OCH3 is 1. The third-order valence-electron chi connectivity index (χ3n) is 14.7. The molecule has 4 aliphatic heterocycles. The van der Waals surface area contributed by atoms with Crippen LogP contribution in [0.15, 0.2) is 12.2 Å². The van der Waals surface area contributed by atoms with E-state index in [-0.39, 0.29) is 37.2 Å². The number of ether oxygens (including phenoxy) is 9. The van der Waals surface area contributed by atoms with Crippen LogP contribution >= 0.6 is 0 Å². The van der Waals surface area contributed by atoms with E-state index < -0.39 is 167 Å². The Labute approximate surface area is 381 Å². The van der Waals surface area contributed by atoms with Gasteiger partial charge in [-0.05, 0) is 57.3 Å². The highest BCUT2D eigenvalue weighted by molar-refractivity contribution is 5.81. The number of esters is 1. The molecule has 0 aromatic heterocycles. The summed E-state index contributed by atoms with van der Waals surface area (Å²) in [7, 11) is 1.49. The number of carbonyl (C=O) groups is 1. The van der Waals surface area contributed by atoms with E-state index in [0.717, 1.165) is 0 Å². The van der Waals surface area contributed by atoms with Gasteiger partial charge in [0.25, 0.3) is 0 Å². The third-order valence-corrected chi connectivity index (χ3v) is 14.7. The molecule has 7 aliphatic rings. The minimum Gasteiger partial charge on any atom is -0.460 e. The molecule has 380 valence electrons. The van der Waals surface area contributed by atoms with Crippen LogP contribution in [0.25, 0.3) is 0 Å². The van der Waals surface area contributed by atoms with Gasteiger partial charge in [0.1, 0.15) is 86.0 Å². The van der Waals surface area contributed by atoms with Crippen molar-refractivity contribution in [2.45, 2.75) is 205 Å². The second kappa shape index (κ2) is 23.1. The zero-order chi connectivity index (χ0) is 47.6. The SMILES string of the molecule is COC1CC(C=CC(=O)OC[C@H]2O[C@@H](O[C@H]3[C@H](OC4CC5C(O[C@@H]6O[C@H](CO)[C@@H](O)[C@H](O)[C@H]6O)CC(O)CC5[OH+]C4C4CCC(O)CC4)O[C@H](CO)[C@@H](O)[C@@H]3O)[C@H](O)[C@@H](O)[C@@H]2O)CCC1O. The zero-order valence-corrected chi connectivity index (χ0v) is 36.8. The summed E-state index contributed by atoms with van der Waals surface area (Å²) >= 11 is 0. The van der Waals surface area contributed by atoms with Gasteiger partial charge >= 0.3 is 5.97 Å². The lowest BCUT2D eigenvalue weighted by molar-refractivity contribution is -0.389. The molecule has 0 bridgehead atoms. The van der Waals surface area contributed by atoms with Gasteiger partial charge in [-0.1, -0.05) is 6.08 Å². The van der Waals surface area contributed by atoms with Crippen molar-refractivity contribution in [3.8, 4) is 0 Å². The number of allylic oxidation sites excluding steroid dienone is 1. The lowest BCUT2D eigenvalue weighted by Gasteiger charge is -2.50. The fourth-order valence-corrected chi connectivity index (χ4v) is 10.8. The summed E-state index contributed by atoms with van der Waals surface area (Å²) in [4.78, 5) is 12.7. The van der Waals surface area contributed by atoms with Crippen LogP contribution < -0.4 is 0 Å². The smallest absolute Gasteiger partial charge is 0.330 e. The standard InChI is InChI=1S/C43H70O23/c1-58-25-10-17(2-8-22(25)48)3-9-30(49)59-16-29-33(52)35(54)38(57)42(65-29)66-40-36(55)32(51)28(15-45)64-43(40)62-26-13-21-23(60-39(26)18-4-6-19(46)7-5-18)11-20(47)12-24(21)61-41-37(56)34(53)31(50)27(14-44)63-41/h3,9,17-29,31-48,50-57H,2,4-8,10-16H2,1H3/p+1/t17?,18?,19?,20?,21?,22?,23?,24?,25?,26?,27-,28-,29-,31-,32-,33-,34+,35+,36+,37-,38-,39?,40-,41-,42+,43-/m1/s1. The van der Waals surface area contributed by atoms with Crippen LogP contribution in [0.1, 0.15) is 64.2 Å². The van der Waals surface area contributed by atoms with Crippen molar-refractivity contribution < 1.29 is 114 Å². The molecule has 66 heavy (non-hydrogen) atoms. The van der Waals surface area contributed by atoms with Crippen molar-refractivity contribution in [2.75, 3.05) is 26.9 Å². The first kappa shape index (κ1) is 52.2. The fraction of sp³-hybridized carbons (Fsp3) is 0.930. The Morgan fingerprint density at radius 3 is 1.83 bits per heavy atom. The van der Waals surface area contributed by atoms with Crippen molar-refractivity contribution in [1.29, 1.82) is 0 Å². The molecule has 7 rings (SSSR count). The van der Waals surface area contributed by atoms with Crippen molar-refractivity contribution >= 4 is 5.97 Å². The molecule has 7 fully saturated rings. The summed E-state index contributed by atoms with van der Waals surface area (Å²) in [5.41, 5.74) is 0. The zero-order valence-electron chi connectivity index (χ0n) is 36.8. The van der Waals surface area contributed by atoms with E-state index in [9.17, 15) is 71.2 Å². The third kappa shape index (κ3) is 11.8. The molecule has 9 unspecified atom stereocenters. The first-order valence-electron chi connectivity index (χ1n) is 23.2. The summed E-state index contributed by atoms with van der Waals surface area (Å²) in [5.74, 6) is -1.57. The molecule has 0 aromatic rings. The van der Waals surface area contributed by atoms with E-state index in [1.54, 1.807) is 6.08 Å². The fourth-order valence-electron chi connectivity index (χ4n) is 10.8. The maximum Gasteiger partial charge on any atom is 0.330 e.